The second kappa shape index (κ2) is 8.01. The summed E-state index contributed by atoms with van der Waals surface area (Å²) in [6, 6.07) is 13.8. The number of hydrogen-bond donors (Lipinski definition) is 1. The van der Waals surface area contributed by atoms with E-state index < -0.39 is 0 Å². The molecule has 0 spiro atoms. The number of halogens is 2. The van der Waals surface area contributed by atoms with Gasteiger partial charge in [-0.05, 0) is 59.3 Å². The number of nitrogens with one attached hydrogen (secondary N) is 1. The first kappa shape index (κ1) is 16.6. The molecule has 0 saturated heterocycles. The van der Waals surface area contributed by atoms with Gasteiger partial charge in [-0.15, -0.1) is 0 Å². The van der Waals surface area contributed by atoms with Crippen molar-refractivity contribution >= 4 is 34.2 Å². The van der Waals surface area contributed by atoms with Crippen molar-refractivity contribution in [3.8, 4) is 11.5 Å². The van der Waals surface area contributed by atoms with Crippen LogP contribution in [-0.2, 0) is 6.54 Å². The third-order valence-corrected chi connectivity index (χ3v) is 3.90. The lowest BCUT2D eigenvalue weighted by Gasteiger charge is -2.14. The Balaban J connectivity index is 2.17. The highest BCUT2D eigenvalue weighted by Gasteiger charge is 2.10. The van der Waals surface area contributed by atoms with E-state index in [1.807, 2.05) is 42.5 Å². The number of ether oxygens (including phenoxy) is 1. The van der Waals surface area contributed by atoms with Gasteiger partial charge in [0, 0.05) is 15.7 Å². The van der Waals surface area contributed by atoms with Crippen molar-refractivity contribution in [3.63, 3.8) is 0 Å². The molecule has 2 aromatic carbocycles. The lowest BCUT2D eigenvalue weighted by molar-refractivity contribution is 0.469. The minimum atomic E-state index is 0.615. The maximum absolute atomic E-state index is 6.31. The first-order chi connectivity index (χ1) is 10.1. The molecule has 112 valence electrons. The number of hydrogen-bond acceptors (Lipinski definition) is 2. The third-order valence-electron chi connectivity index (χ3n) is 2.93. The topological polar surface area (TPSA) is 21.3 Å². The predicted octanol–water partition coefficient (Wildman–Crippen LogP) is 5.48. The van der Waals surface area contributed by atoms with Gasteiger partial charge in [0.15, 0.2) is 0 Å². The molecule has 0 aliphatic heterocycles. The maximum Gasteiger partial charge on any atom is 0.150 e. The normalized spacial score (nSPS) is 10.9. The number of benzene rings is 2. The van der Waals surface area contributed by atoms with Crippen LogP contribution in [0.1, 0.15) is 19.4 Å². The molecule has 0 aliphatic rings. The zero-order chi connectivity index (χ0) is 15.2. The zero-order valence-electron chi connectivity index (χ0n) is 12.2. The Bertz CT molecular complexity index is 601. The summed E-state index contributed by atoms with van der Waals surface area (Å²) in [5.41, 5.74) is 1.07. The van der Waals surface area contributed by atoms with Crippen LogP contribution in [0.5, 0.6) is 11.5 Å². The lowest BCUT2D eigenvalue weighted by Crippen LogP contribution is -2.19. The fourth-order valence-electron chi connectivity index (χ4n) is 1.95. The Morgan fingerprint density at radius 3 is 2.67 bits per heavy atom. The van der Waals surface area contributed by atoms with Crippen LogP contribution in [0.25, 0.3) is 0 Å². The van der Waals surface area contributed by atoms with Crippen LogP contribution >= 0.6 is 34.2 Å². The van der Waals surface area contributed by atoms with Gasteiger partial charge in [-0.2, -0.15) is 0 Å². The summed E-state index contributed by atoms with van der Waals surface area (Å²) in [7, 11) is 0. The summed E-state index contributed by atoms with van der Waals surface area (Å²) in [5.74, 6) is 2.15. The molecule has 0 amide bonds. The molecule has 0 saturated carbocycles. The van der Waals surface area contributed by atoms with Crippen molar-refractivity contribution in [2.45, 2.75) is 20.4 Å². The smallest absolute Gasteiger partial charge is 0.150 e. The molecule has 4 heteroatoms. The molecular formula is C17H19ClINO. The Hall–Kier alpha value is -0.780. The quantitative estimate of drug-likeness (QED) is 0.631. The van der Waals surface area contributed by atoms with Gasteiger partial charge < -0.3 is 10.1 Å². The highest BCUT2D eigenvalue weighted by atomic mass is 127. The molecule has 21 heavy (non-hydrogen) atoms. The molecular weight excluding hydrogens is 397 g/mol. The van der Waals surface area contributed by atoms with Crippen LogP contribution in [0, 0.1) is 9.49 Å². The van der Waals surface area contributed by atoms with Crippen molar-refractivity contribution in [1.29, 1.82) is 0 Å². The molecule has 0 heterocycles. The van der Waals surface area contributed by atoms with Crippen LogP contribution in [0.15, 0.2) is 42.5 Å². The summed E-state index contributed by atoms with van der Waals surface area (Å²) in [6.07, 6.45) is 0. The van der Waals surface area contributed by atoms with Crippen molar-refractivity contribution in [3.05, 3.63) is 56.6 Å². The summed E-state index contributed by atoms with van der Waals surface area (Å²) >= 11 is 8.58. The van der Waals surface area contributed by atoms with Crippen molar-refractivity contribution in [2.75, 3.05) is 6.54 Å². The van der Waals surface area contributed by atoms with E-state index in [1.165, 1.54) is 0 Å². The molecule has 0 fully saturated rings. The van der Waals surface area contributed by atoms with E-state index in [4.69, 9.17) is 16.3 Å². The molecule has 0 radical (unpaired) electrons. The minimum absolute atomic E-state index is 0.615. The van der Waals surface area contributed by atoms with E-state index >= 15 is 0 Å². The van der Waals surface area contributed by atoms with E-state index in [0.29, 0.717) is 10.9 Å². The summed E-state index contributed by atoms with van der Waals surface area (Å²) in [6.45, 7) is 6.09. The van der Waals surface area contributed by atoms with E-state index in [0.717, 1.165) is 33.7 Å². The number of rotatable bonds is 6. The minimum Gasteiger partial charge on any atom is -0.455 e. The Kier molecular flexibility index (Phi) is 6.33. The zero-order valence-corrected chi connectivity index (χ0v) is 15.1. The van der Waals surface area contributed by atoms with Crippen molar-refractivity contribution in [1.82, 2.24) is 5.32 Å². The standard InChI is InChI=1S/C17H19ClINO/c1-12(2)10-20-11-13-5-3-8-16(18)17(13)21-15-7-4-6-14(19)9-15/h3-9,12,20H,10-11H2,1-2H3. The maximum atomic E-state index is 6.31. The van der Waals surface area contributed by atoms with E-state index in [9.17, 15) is 0 Å². The SMILES string of the molecule is CC(C)CNCc1cccc(Cl)c1Oc1cccc(I)c1. The molecule has 0 atom stereocenters. The summed E-state index contributed by atoms with van der Waals surface area (Å²) in [4.78, 5) is 0. The first-order valence-electron chi connectivity index (χ1n) is 6.98. The summed E-state index contributed by atoms with van der Waals surface area (Å²) < 4.78 is 7.14. The number of para-hydroxylation sites is 1. The monoisotopic (exact) mass is 415 g/mol. The Morgan fingerprint density at radius 2 is 1.95 bits per heavy atom. The van der Waals surface area contributed by atoms with Crippen LogP contribution in [0.4, 0.5) is 0 Å². The van der Waals surface area contributed by atoms with Crippen LogP contribution in [0.3, 0.4) is 0 Å². The van der Waals surface area contributed by atoms with E-state index in [1.54, 1.807) is 0 Å². The fourth-order valence-corrected chi connectivity index (χ4v) is 2.70. The average molecular weight is 416 g/mol. The van der Waals surface area contributed by atoms with Gasteiger partial charge in [-0.1, -0.05) is 43.6 Å². The second-order valence-electron chi connectivity index (χ2n) is 5.31. The van der Waals surface area contributed by atoms with Gasteiger partial charge in [0.25, 0.3) is 0 Å². The molecule has 0 bridgehead atoms. The first-order valence-corrected chi connectivity index (χ1v) is 8.43. The summed E-state index contributed by atoms with van der Waals surface area (Å²) in [5, 5.41) is 4.06. The molecule has 2 aromatic rings. The average Bonchev–Trinajstić information content (AvgIpc) is 2.42. The highest BCUT2D eigenvalue weighted by molar-refractivity contribution is 14.1. The van der Waals surface area contributed by atoms with Crippen molar-refractivity contribution in [2.24, 2.45) is 5.92 Å². The molecule has 0 aliphatic carbocycles. The van der Waals surface area contributed by atoms with Gasteiger partial charge in [0.2, 0.25) is 0 Å². The van der Waals surface area contributed by atoms with Crippen LogP contribution in [0.2, 0.25) is 5.02 Å². The van der Waals surface area contributed by atoms with Gasteiger partial charge in [0.05, 0.1) is 5.02 Å². The predicted molar refractivity (Wildman–Crippen MR) is 97.2 cm³/mol. The van der Waals surface area contributed by atoms with E-state index in [-0.39, 0.29) is 0 Å². The van der Waals surface area contributed by atoms with Crippen LogP contribution in [-0.4, -0.2) is 6.54 Å². The Labute approximate surface area is 145 Å². The highest BCUT2D eigenvalue weighted by Crippen LogP contribution is 2.33. The van der Waals surface area contributed by atoms with Gasteiger partial charge in [-0.25, -0.2) is 0 Å². The second-order valence-corrected chi connectivity index (χ2v) is 6.97. The van der Waals surface area contributed by atoms with Gasteiger partial charge >= 0.3 is 0 Å². The van der Waals surface area contributed by atoms with E-state index in [2.05, 4.69) is 41.8 Å². The van der Waals surface area contributed by atoms with Crippen LogP contribution < -0.4 is 10.1 Å². The fraction of sp³-hybridized carbons (Fsp3) is 0.294. The Morgan fingerprint density at radius 1 is 1.19 bits per heavy atom. The molecule has 1 N–H and O–H groups in total. The third kappa shape index (κ3) is 5.16. The molecule has 2 nitrogen and oxygen atoms in total. The molecule has 0 unspecified atom stereocenters. The molecule has 0 aromatic heterocycles. The largest absolute Gasteiger partial charge is 0.455 e. The van der Waals surface area contributed by atoms with Gasteiger partial charge in [0.1, 0.15) is 11.5 Å². The van der Waals surface area contributed by atoms with Crippen molar-refractivity contribution < 1.29 is 4.74 Å². The lowest BCUT2D eigenvalue weighted by atomic mass is 10.1. The molecule has 2 rings (SSSR count). The van der Waals surface area contributed by atoms with Gasteiger partial charge in [-0.3, -0.25) is 0 Å².